The van der Waals surface area contributed by atoms with Gasteiger partial charge in [-0.25, -0.2) is 9.97 Å². The summed E-state index contributed by atoms with van der Waals surface area (Å²) in [4.78, 5) is 21.1. The molecule has 0 N–H and O–H groups in total. The molecule has 0 amide bonds. The first kappa shape index (κ1) is 15.8. The third-order valence-electron chi connectivity index (χ3n) is 3.82. The van der Waals surface area contributed by atoms with Crippen LogP contribution in [0, 0.1) is 17.2 Å². The topological polar surface area (TPSA) is 66.6 Å². The van der Waals surface area contributed by atoms with Crippen molar-refractivity contribution in [2.45, 2.75) is 33.6 Å². The quantitative estimate of drug-likeness (QED) is 0.786. The normalized spacial score (nSPS) is 11.7. The van der Waals surface area contributed by atoms with Gasteiger partial charge in [0.25, 0.3) is 0 Å². The highest BCUT2D eigenvalue weighted by molar-refractivity contribution is 5.97. The molecule has 0 fully saturated rings. The molecular weight excluding hydrogens is 274 g/mol. The summed E-state index contributed by atoms with van der Waals surface area (Å²) < 4.78 is 0. The Bertz CT molecular complexity index is 731. The summed E-state index contributed by atoms with van der Waals surface area (Å²) in [5.74, 6) is 0.0379. The molecule has 0 bridgehead atoms. The van der Waals surface area contributed by atoms with Crippen molar-refractivity contribution in [2.24, 2.45) is 5.92 Å². The maximum Gasteiger partial charge on any atom is 0.184 e. The average Bonchev–Trinajstić information content (AvgIpc) is 2.59. The number of hydrogen-bond acceptors (Lipinski definition) is 4. The van der Waals surface area contributed by atoms with Gasteiger partial charge in [-0.15, -0.1) is 0 Å². The molecule has 0 radical (unpaired) electrons. The molecule has 0 aliphatic rings. The molecule has 2 aromatic rings. The third kappa shape index (κ3) is 3.20. The molecule has 0 spiro atoms. The van der Waals surface area contributed by atoms with Gasteiger partial charge in [0.1, 0.15) is 17.5 Å². The maximum absolute atomic E-state index is 12.5. The van der Waals surface area contributed by atoms with Crippen molar-refractivity contribution >= 4 is 5.78 Å². The van der Waals surface area contributed by atoms with Gasteiger partial charge in [-0.05, 0) is 36.6 Å². The summed E-state index contributed by atoms with van der Waals surface area (Å²) >= 11 is 0. The van der Waals surface area contributed by atoms with E-state index < -0.39 is 0 Å². The highest BCUT2D eigenvalue weighted by Gasteiger charge is 2.19. The van der Waals surface area contributed by atoms with Crippen LogP contribution >= 0.6 is 0 Å². The number of nitriles is 1. The number of aryl methyl sites for hydroxylation is 1. The number of nitrogens with zero attached hydrogens (tertiary/aromatic N) is 3. The molecular formula is C18H19N3O. The number of ketones is 1. The standard InChI is InChI=1S/C18H19N3O/c1-4-12(3)18(22)17-13(5-2)6-7-16(21-17)14-8-9-20-15(10-14)11-19/h6-10,12H,4-5H2,1-3H3. The molecule has 4 heteroatoms. The lowest BCUT2D eigenvalue weighted by Crippen LogP contribution is -2.15. The van der Waals surface area contributed by atoms with E-state index in [0.717, 1.165) is 24.0 Å². The van der Waals surface area contributed by atoms with E-state index in [2.05, 4.69) is 9.97 Å². The Morgan fingerprint density at radius 3 is 2.73 bits per heavy atom. The largest absolute Gasteiger partial charge is 0.292 e. The Kier molecular flexibility index (Phi) is 5.00. The van der Waals surface area contributed by atoms with Crippen molar-refractivity contribution in [3.05, 3.63) is 47.4 Å². The summed E-state index contributed by atoms with van der Waals surface area (Å²) in [5.41, 5.74) is 3.34. The Morgan fingerprint density at radius 1 is 1.32 bits per heavy atom. The first-order valence-electron chi connectivity index (χ1n) is 7.51. The molecule has 2 heterocycles. The van der Waals surface area contributed by atoms with E-state index in [1.165, 1.54) is 0 Å². The Labute approximate surface area is 130 Å². The van der Waals surface area contributed by atoms with E-state index in [1.807, 2.05) is 39.0 Å². The fourth-order valence-corrected chi connectivity index (χ4v) is 2.22. The molecule has 112 valence electrons. The molecule has 4 nitrogen and oxygen atoms in total. The first-order chi connectivity index (χ1) is 10.6. The van der Waals surface area contributed by atoms with Crippen LogP contribution in [0.25, 0.3) is 11.3 Å². The number of rotatable bonds is 5. The summed E-state index contributed by atoms with van der Waals surface area (Å²) in [6.07, 6.45) is 3.14. The molecule has 0 aromatic carbocycles. The van der Waals surface area contributed by atoms with Gasteiger partial charge in [-0.2, -0.15) is 5.26 Å². The zero-order valence-corrected chi connectivity index (χ0v) is 13.1. The van der Waals surface area contributed by atoms with E-state index in [0.29, 0.717) is 17.1 Å². The van der Waals surface area contributed by atoms with Crippen LogP contribution in [-0.4, -0.2) is 15.8 Å². The fourth-order valence-electron chi connectivity index (χ4n) is 2.22. The summed E-state index contributed by atoms with van der Waals surface area (Å²) in [6, 6.07) is 9.34. The fraction of sp³-hybridized carbons (Fsp3) is 0.333. The van der Waals surface area contributed by atoms with Crippen molar-refractivity contribution in [2.75, 3.05) is 0 Å². The molecule has 2 rings (SSSR count). The lowest BCUT2D eigenvalue weighted by Gasteiger charge is -2.12. The molecule has 0 aliphatic carbocycles. The minimum atomic E-state index is -0.0415. The second-order valence-corrected chi connectivity index (χ2v) is 5.27. The second-order valence-electron chi connectivity index (χ2n) is 5.27. The van der Waals surface area contributed by atoms with Crippen LogP contribution in [0.15, 0.2) is 30.5 Å². The molecule has 0 saturated carbocycles. The van der Waals surface area contributed by atoms with Crippen LogP contribution in [0.1, 0.15) is 48.9 Å². The van der Waals surface area contributed by atoms with Gasteiger partial charge < -0.3 is 0 Å². The summed E-state index contributed by atoms with van der Waals surface area (Å²) in [5, 5.41) is 8.95. The smallest absolute Gasteiger partial charge is 0.184 e. The van der Waals surface area contributed by atoms with Gasteiger partial charge in [0.2, 0.25) is 0 Å². The van der Waals surface area contributed by atoms with Crippen molar-refractivity contribution < 1.29 is 4.79 Å². The zero-order valence-electron chi connectivity index (χ0n) is 13.1. The van der Waals surface area contributed by atoms with Crippen LogP contribution < -0.4 is 0 Å². The average molecular weight is 293 g/mol. The van der Waals surface area contributed by atoms with Gasteiger partial charge in [-0.1, -0.05) is 26.8 Å². The predicted molar refractivity (Wildman–Crippen MR) is 85.3 cm³/mol. The lowest BCUT2D eigenvalue weighted by atomic mass is 9.96. The Balaban J connectivity index is 2.51. The number of hydrogen-bond donors (Lipinski definition) is 0. The van der Waals surface area contributed by atoms with Crippen LogP contribution in [0.4, 0.5) is 0 Å². The molecule has 1 unspecified atom stereocenters. The van der Waals surface area contributed by atoms with Crippen LogP contribution in [-0.2, 0) is 6.42 Å². The van der Waals surface area contributed by atoms with Crippen molar-refractivity contribution in [1.82, 2.24) is 9.97 Å². The number of Topliss-reactive ketones (excluding diaryl/α,β-unsaturated/α-hetero) is 1. The van der Waals surface area contributed by atoms with E-state index in [9.17, 15) is 4.79 Å². The van der Waals surface area contributed by atoms with Gasteiger partial charge in [0.05, 0.1) is 5.69 Å². The summed E-state index contributed by atoms with van der Waals surface area (Å²) in [6.45, 7) is 5.95. The van der Waals surface area contributed by atoms with E-state index in [1.54, 1.807) is 18.3 Å². The van der Waals surface area contributed by atoms with E-state index in [4.69, 9.17) is 5.26 Å². The minimum Gasteiger partial charge on any atom is -0.292 e. The molecule has 0 aliphatic heterocycles. The van der Waals surface area contributed by atoms with E-state index in [-0.39, 0.29) is 11.7 Å². The molecule has 22 heavy (non-hydrogen) atoms. The predicted octanol–water partition coefficient (Wildman–Crippen LogP) is 3.81. The molecule has 0 saturated heterocycles. The van der Waals surface area contributed by atoms with Crippen molar-refractivity contribution in [3.8, 4) is 17.3 Å². The highest BCUT2D eigenvalue weighted by Crippen LogP contribution is 2.22. The zero-order chi connectivity index (χ0) is 16.1. The number of carbonyl (C=O) groups excluding carboxylic acids is 1. The molecule has 1 atom stereocenters. The van der Waals surface area contributed by atoms with Crippen LogP contribution in [0.5, 0.6) is 0 Å². The van der Waals surface area contributed by atoms with Crippen LogP contribution in [0.3, 0.4) is 0 Å². The van der Waals surface area contributed by atoms with E-state index >= 15 is 0 Å². The number of aromatic nitrogens is 2. The monoisotopic (exact) mass is 293 g/mol. The van der Waals surface area contributed by atoms with Gasteiger partial charge in [0.15, 0.2) is 5.78 Å². The van der Waals surface area contributed by atoms with Crippen LogP contribution in [0.2, 0.25) is 0 Å². The lowest BCUT2D eigenvalue weighted by molar-refractivity contribution is 0.0921. The third-order valence-corrected chi connectivity index (χ3v) is 3.82. The Hall–Kier alpha value is -2.54. The number of carbonyl (C=O) groups is 1. The maximum atomic E-state index is 12.5. The van der Waals surface area contributed by atoms with Crippen molar-refractivity contribution in [1.29, 1.82) is 5.26 Å². The number of pyridine rings is 2. The SMILES string of the molecule is CCc1ccc(-c2ccnc(C#N)c2)nc1C(=O)C(C)CC. The van der Waals surface area contributed by atoms with Gasteiger partial charge in [0, 0.05) is 17.7 Å². The van der Waals surface area contributed by atoms with Crippen molar-refractivity contribution in [3.63, 3.8) is 0 Å². The first-order valence-corrected chi connectivity index (χ1v) is 7.51. The summed E-state index contributed by atoms with van der Waals surface area (Å²) in [7, 11) is 0. The van der Waals surface area contributed by atoms with Gasteiger partial charge in [-0.3, -0.25) is 4.79 Å². The second kappa shape index (κ2) is 6.95. The molecule has 2 aromatic heterocycles. The highest BCUT2D eigenvalue weighted by atomic mass is 16.1. The Morgan fingerprint density at radius 2 is 2.09 bits per heavy atom. The van der Waals surface area contributed by atoms with Gasteiger partial charge >= 0.3 is 0 Å². The minimum absolute atomic E-state index is 0.0415.